The third kappa shape index (κ3) is 2.68. The second-order valence-corrected chi connectivity index (χ2v) is 5.44. The molecule has 1 atom stereocenters. The fraction of sp³-hybridized carbons (Fsp3) is 0.538. The minimum absolute atomic E-state index is 0.200. The molecule has 1 heterocycles. The summed E-state index contributed by atoms with van der Waals surface area (Å²) in [6.45, 7) is 4.66. The Morgan fingerprint density at radius 1 is 1.44 bits per heavy atom. The molecule has 2 N–H and O–H groups in total. The number of nitrogens with one attached hydrogen (secondary N) is 1. The van der Waals surface area contributed by atoms with Crippen LogP contribution < -0.4 is 5.32 Å². The van der Waals surface area contributed by atoms with Gasteiger partial charge < -0.3 is 10.4 Å². The van der Waals surface area contributed by atoms with Crippen molar-refractivity contribution in [2.45, 2.75) is 13.0 Å². The van der Waals surface area contributed by atoms with Gasteiger partial charge in [-0.25, -0.2) is 4.39 Å². The number of phenolic OH excluding ortho intramolecular Hbond substituents is 1. The Kier molecular flexibility index (Phi) is 4.59. The minimum Gasteiger partial charge on any atom is -0.507 e. The van der Waals surface area contributed by atoms with E-state index in [0.29, 0.717) is 5.56 Å². The van der Waals surface area contributed by atoms with Gasteiger partial charge >= 0.3 is 0 Å². The van der Waals surface area contributed by atoms with Crippen LogP contribution >= 0.6 is 15.9 Å². The van der Waals surface area contributed by atoms with E-state index in [4.69, 9.17) is 0 Å². The molecule has 1 fully saturated rings. The van der Waals surface area contributed by atoms with E-state index in [2.05, 4.69) is 26.1 Å². The number of hydrogen-bond acceptors (Lipinski definition) is 3. The quantitative estimate of drug-likeness (QED) is 0.898. The lowest BCUT2D eigenvalue weighted by atomic mass is 10.0. The van der Waals surface area contributed by atoms with E-state index >= 15 is 0 Å². The van der Waals surface area contributed by atoms with E-state index in [1.54, 1.807) is 0 Å². The van der Waals surface area contributed by atoms with E-state index < -0.39 is 6.67 Å². The fourth-order valence-corrected chi connectivity index (χ4v) is 2.94. The molecule has 18 heavy (non-hydrogen) atoms. The number of nitrogens with zero attached hydrogens (tertiary/aromatic N) is 1. The van der Waals surface area contributed by atoms with Crippen molar-refractivity contribution in [1.29, 1.82) is 0 Å². The molecule has 1 saturated heterocycles. The van der Waals surface area contributed by atoms with Gasteiger partial charge in [0.1, 0.15) is 12.4 Å². The van der Waals surface area contributed by atoms with Crippen molar-refractivity contribution < 1.29 is 9.50 Å². The van der Waals surface area contributed by atoms with Gasteiger partial charge in [-0.15, -0.1) is 0 Å². The molecular formula is C13H18BrFN2O. The number of piperazine rings is 1. The first kappa shape index (κ1) is 13.8. The van der Waals surface area contributed by atoms with Gasteiger partial charge in [-0.1, -0.05) is 22.0 Å². The lowest BCUT2D eigenvalue weighted by Gasteiger charge is -2.34. The van der Waals surface area contributed by atoms with Crippen LogP contribution in [0.4, 0.5) is 4.39 Å². The number of halogens is 2. The van der Waals surface area contributed by atoms with Gasteiger partial charge in [-0.2, -0.15) is 0 Å². The number of phenols is 1. The van der Waals surface area contributed by atoms with E-state index in [-0.39, 0.29) is 11.8 Å². The number of rotatable bonds is 3. The van der Waals surface area contributed by atoms with Crippen LogP contribution in [0.15, 0.2) is 16.6 Å². The number of aryl methyl sites for hydroxylation is 1. The van der Waals surface area contributed by atoms with Crippen molar-refractivity contribution in [3.63, 3.8) is 0 Å². The Hall–Kier alpha value is -0.650. The van der Waals surface area contributed by atoms with Crippen molar-refractivity contribution in [2.75, 3.05) is 32.9 Å². The summed E-state index contributed by atoms with van der Waals surface area (Å²) in [6.07, 6.45) is 0. The molecule has 0 aliphatic carbocycles. The van der Waals surface area contributed by atoms with Crippen LogP contribution in [0, 0.1) is 6.92 Å². The smallest absolute Gasteiger partial charge is 0.124 e. The number of hydrogen-bond donors (Lipinski definition) is 2. The highest BCUT2D eigenvalue weighted by Crippen LogP contribution is 2.37. The molecule has 1 aliphatic rings. The Labute approximate surface area is 115 Å². The Bertz CT molecular complexity index is 422. The predicted octanol–water partition coefficient (Wildman–Crippen LogP) is 2.38. The molecule has 1 aliphatic heterocycles. The third-order valence-electron chi connectivity index (χ3n) is 3.44. The van der Waals surface area contributed by atoms with Crippen LogP contribution in [0.5, 0.6) is 5.75 Å². The highest BCUT2D eigenvalue weighted by atomic mass is 79.9. The van der Waals surface area contributed by atoms with Gasteiger partial charge in [0.25, 0.3) is 0 Å². The van der Waals surface area contributed by atoms with Crippen molar-refractivity contribution >= 4 is 15.9 Å². The zero-order valence-corrected chi connectivity index (χ0v) is 12.0. The fourth-order valence-electron chi connectivity index (χ4n) is 2.36. The standard InChI is InChI=1S/C13H18BrFN2O/c1-9-2-3-10(14)12(13(9)18)11(8-15)17-6-4-16-5-7-17/h2-3,11,16,18H,4-8H2,1H3/t11-/m1/s1. The van der Waals surface area contributed by atoms with E-state index in [9.17, 15) is 9.50 Å². The zero-order chi connectivity index (χ0) is 13.1. The summed E-state index contributed by atoms with van der Waals surface area (Å²) in [6, 6.07) is 3.33. The molecular weight excluding hydrogens is 299 g/mol. The molecule has 3 nitrogen and oxygen atoms in total. The lowest BCUT2D eigenvalue weighted by molar-refractivity contribution is 0.144. The monoisotopic (exact) mass is 316 g/mol. The van der Waals surface area contributed by atoms with Crippen molar-refractivity contribution in [3.05, 3.63) is 27.7 Å². The van der Waals surface area contributed by atoms with Gasteiger partial charge in [0.2, 0.25) is 0 Å². The molecule has 0 radical (unpaired) electrons. The normalized spacial score (nSPS) is 18.8. The maximum Gasteiger partial charge on any atom is 0.124 e. The highest BCUT2D eigenvalue weighted by Gasteiger charge is 2.26. The van der Waals surface area contributed by atoms with Crippen LogP contribution in [0.1, 0.15) is 17.2 Å². The average molecular weight is 317 g/mol. The number of aromatic hydroxyl groups is 1. The topological polar surface area (TPSA) is 35.5 Å². The van der Waals surface area contributed by atoms with Crippen molar-refractivity contribution in [3.8, 4) is 5.75 Å². The minimum atomic E-state index is -0.490. The number of alkyl halides is 1. The van der Waals surface area contributed by atoms with E-state index in [1.807, 2.05) is 19.1 Å². The Balaban J connectivity index is 2.34. The Morgan fingerprint density at radius 3 is 2.72 bits per heavy atom. The van der Waals surface area contributed by atoms with Crippen LogP contribution in [0.3, 0.4) is 0 Å². The molecule has 100 valence electrons. The average Bonchev–Trinajstić information content (AvgIpc) is 2.40. The zero-order valence-electron chi connectivity index (χ0n) is 10.4. The first-order chi connectivity index (χ1) is 8.65. The van der Waals surface area contributed by atoms with Crippen molar-refractivity contribution in [2.24, 2.45) is 0 Å². The van der Waals surface area contributed by atoms with E-state index in [0.717, 1.165) is 36.2 Å². The molecule has 0 unspecified atom stereocenters. The largest absolute Gasteiger partial charge is 0.507 e. The van der Waals surface area contributed by atoms with Crippen LogP contribution in [-0.2, 0) is 0 Å². The van der Waals surface area contributed by atoms with Gasteiger partial charge in [0, 0.05) is 36.2 Å². The molecule has 0 aromatic heterocycles. The summed E-state index contributed by atoms with van der Waals surface area (Å²) in [7, 11) is 0. The van der Waals surface area contributed by atoms with Gasteiger partial charge in [-0.05, 0) is 18.6 Å². The summed E-state index contributed by atoms with van der Waals surface area (Å²) >= 11 is 3.42. The molecule has 5 heteroatoms. The maximum absolute atomic E-state index is 13.4. The summed E-state index contributed by atoms with van der Waals surface area (Å²) in [5.41, 5.74) is 1.45. The summed E-state index contributed by atoms with van der Waals surface area (Å²) in [5.74, 6) is 0.200. The molecule has 1 aromatic carbocycles. The lowest BCUT2D eigenvalue weighted by Crippen LogP contribution is -2.45. The second kappa shape index (κ2) is 5.99. The molecule has 0 amide bonds. The second-order valence-electron chi connectivity index (χ2n) is 4.58. The van der Waals surface area contributed by atoms with Crippen LogP contribution in [-0.4, -0.2) is 42.9 Å². The van der Waals surface area contributed by atoms with Gasteiger partial charge in [0.15, 0.2) is 0 Å². The van der Waals surface area contributed by atoms with Gasteiger partial charge in [0.05, 0.1) is 6.04 Å². The number of benzene rings is 1. The first-order valence-electron chi connectivity index (χ1n) is 6.14. The van der Waals surface area contributed by atoms with E-state index in [1.165, 1.54) is 0 Å². The summed E-state index contributed by atoms with van der Waals surface area (Å²) in [4.78, 5) is 2.08. The predicted molar refractivity (Wildman–Crippen MR) is 73.7 cm³/mol. The van der Waals surface area contributed by atoms with Crippen LogP contribution in [0.25, 0.3) is 0 Å². The molecule has 0 bridgehead atoms. The van der Waals surface area contributed by atoms with Crippen LogP contribution in [0.2, 0.25) is 0 Å². The molecule has 0 spiro atoms. The molecule has 0 saturated carbocycles. The third-order valence-corrected chi connectivity index (χ3v) is 4.13. The molecule has 1 aromatic rings. The van der Waals surface area contributed by atoms with Crippen molar-refractivity contribution in [1.82, 2.24) is 10.2 Å². The maximum atomic E-state index is 13.4. The summed E-state index contributed by atoms with van der Waals surface area (Å²) in [5, 5.41) is 13.4. The summed E-state index contributed by atoms with van der Waals surface area (Å²) < 4.78 is 14.2. The first-order valence-corrected chi connectivity index (χ1v) is 6.93. The SMILES string of the molecule is Cc1ccc(Br)c([C@@H](CF)N2CCNCC2)c1O. The van der Waals surface area contributed by atoms with Gasteiger partial charge in [-0.3, -0.25) is 4.90 Å². The Morgan fingerprint density at radius 2 is 2.11 bits per heavy atom. The highest BCUT2D eigenvalue weighted by molar-refractivity contribution is 9.10. The molecule has 2 rings (SSSR count).